The smallest absolute Gasteiger partial charge is 0.410 e. The van der Waals surface area contributed by atoms with E-state index in [4.69, 9.17) is 9.47 Å². The van der Waals surface area contributed by atoms with Crippen molar-refractivity contribution in [2.45, 2.75) is 70.9 Å². The second kappa shape index (κ2) is 13.9. The molecule has 2 heterocycles. The van der Waals surface area contributed by atoms with E-state index in [0.717, 1.165) is 18.7 Å². The van der Waals surface area contributed by atoms with Gasteiger partial charge in [0.2, 0.25) is 0 Å². The van der Waals surface area contributed by atoms with Crippen molar-refractivity contribution in [2.75, 3.05) is 39.8 Å². The number of likely N-dealkylation sites (N-methyl/N-ethyl adjacent to an activating group) is 1. The summed E-state index contributed by atoms with van der Waals surface area (Å²) in [5.74, 6) is -0.823. The Morgan fingerprint density at radius 2 is 1.97 bits per heavy atom. The first-order valence-corrected chi connectivity index (χ1v) is 12.8. The largest absolute Gasteiger partial charge is 0.457 e. The molecule has 0 unspecified atom stereocenters. The van der Waals surface area contributed by atoms with Crippen molar-refractivity contribution in [3.05, 3.63) is 36.0 Å². The van der Waals surface area contributed by atoms with Crippen LogP contribution in [0.5, 0.6) is 0 Å². The molecule has 1 saturated heterocycles. The number of nitrogens with zero attached hydrogens (tertiary/aromatic N) is 2. The monoisotopic (exact) mass is 508 g/mol. The van der Waals surface area contributed by atoms with E-state index >= 15 is 0 Å². The molecule has 0 aromatic carbocycles. The molecule has 9 heteroatoms. The van der Waals surface area contributed by atoms with Crippen LogP contribution >= 0.6 is 0 Å². The number of hydrogen-bond acceptors (Lipinski definition) is 8. The average Bonchev–Trinajstić information content (AvgIpc) is 2.83. The highest BCUT2D eigenvalue weighted by Gasteiger charge is 2.36. The minimum Gasteiger partial charge on any atom is -0.457 e. The third-order valence-electron chi connectivity index (χ3n) is 6.85. The molecule has 0 aromatic heterocycles. The Labute approximate surface area is 215 Å². The number of cyclic esters (lactones) is 1. The molecule has 0 radical (unpaired) electrons. The molecule has 2 aliphatic rings. The molecule has 2 aliphatic heterocycles. The zero-order chi connectivity index (χ0) is 26.9. The van der Waals surface area contributed by atoms with Gasteiger partial charge in [0, 0.05) is 38.7 Å². The van der Waals surface area contributed by atoms with Crippen molar-refractivity contribution in [2.24, 2.45) is 11.8 Å². The van der Waals surface area contributed by atoms with Crippen LogP contribution < -0.4 is 0 Å². The molecule has 36 heavy (non-hydrogen) atoms. The maximum atomic E-state index is 12.9. The number of ether oxygens (including phenoxy) is 2. The summed E-state index contributed by atoms with van der Waals surface area (Å²) < 4.78 is 11.5. The number of piperazine rings is 1. The highest BCUT2D eigenvalue weighted by atomic mass is 16.6. The average molecular weight is 509 g/mol. The number of carbonyl (C=O) groups is 2. The fraction of sp³-hybridized carbons (Fsp3) is 0.704. The van der Waals surface area contributed by atoms with Crippen molar-refractivity contribution in [3.8, 4) is 0 Å². The summed E-state index contributed by atoms with van der Waals surface area (Å²) in [6, 6.07) is 0. The molecule has 204 valence electrons. The molecule has 1 fully saturated rings. The van der Waals surface area contributed by atoms with E-state index in [-0.39, 0.29) is 37.7 Å². The molecule has 0 aliphatic carbocycles. The number of esters is 1. The van der Waals surface area contributed by atoms with Crippen LogP contribution in [0.1, 0.15) is 47.0 Å². The lowest BCUT2D eigenvalue weighted by Crippen LogP contribution is -2.50. The van der Waals surface area contributed by atoms with Gasteiger partial charge in [-0.15, -0.1) is 0 Å². The molecular formula is C27H44N2O7. The van der Waals surface area contributed by atoms with Crippen molar-refractivity contribution in [3.63, 3.8) is 0 Å². The van der Waals surface area contributed by atoms with E-state index < -0.39 is 36.0 Å². The van der Waals surface area contributed by atoms with Gasteiger partial charge in [-0.3, -0.25) is 4.79 Å². The number of rotatable bonds is 5. The van der Waals surface area contributed by atoms with Crippen LogP contribution in [0.15, 0.2) is 36.0 Å². The van der Waals surface area contributed by atoms with Gasteiger partial charge >= 0.3 is 12.1 Å². The highest BCUT2D eigenvalue weighted by Crippen LogP contribution is 2.27. The summed E-state index contributed by atoms with van der Waals surface area (Å²) in [6.07, 6.45) is 6.01. The van der Waals surface area contributed by atoms with Crippen molar-refractivity contribution in [1.29, 1.82) is 0 Å². The topological polar surface area (TPSA) is 120 Å². The fourth-order valence-electron chi connectivity index (χ4n) is 4.18. The minimum atomic E-state index is -1.44. The van der Waals surface area contributed by atoms with Gasteiger partial charge in [0.25, 0.3) is 0 Å². The van der Waals surface area contributed by atoms with Crippen LogP contribution in [0.25, 0.3) is 0 Å². The van der Waals surface area contributed by atoms with E-state index in [9.17, 15) is 24.9 Å². The molecule has 0 saturated carbocycles. The maximum absolute atomic E-state index is 12.9. The zero-order valence-electron chi connectivity index (χ0n) is 22.3. The van der Waals surface area contributed by atoms with Gasteiger partial charge in [-0.1, -0.05) is 38.2 Å². The van der Waals surface area contributed by atoms with E-state index in [1.54, 1.807) is 24.0 Å². The Morgan fingerprint density at radius 3 is 2.61 bits per heavy atom. The van der Waals surface area contributed by atoms with Crippen molar-refractivity contribution in [1.82, 2.24) is 9.80 Å². The molecule has 0 bridgehead atoms. The minimum absolute atomic E-state index is 0.00152. The molecule has 3 N–H and O–H groups in total. The number of aliphatic hydroxyl groups excluding tert-OH is 2. The quantitative estimate of drug-likeness (QED) is 0.294. The fourth-order valence-corrected chi connectivity index (χ4v) is 4.18. The Balaban J connectivity index is 2.29. The van der Waals surface area contributed by atoms with Gasteiger partial charge in [0.1, 0.15) is 11.7 Å². The number of hydrogen-bond donors (Lipinski definition) is 3. The van der Waals surface area contributed by atoms with Crippen molar-refractivity contribution >= 4 is 12.1 Å². The second-order valence-corrected chi connectivity index (χ2v) is 10.5. The second-order valence-electron chi connectivity index (χ2n) is 10.5. The summed E-state index contributed by atoms with van der Waals surface area (Å²) in [7, 11) is 2.00. The number of carbonyl (C=O) groups excluding carboxylic acids is 2. The predicted octanol–water partition coefficient (Wildman–Crippen LogP) is 2.27. The Morgan fingerprint density at radius 1 is 1.31 bits per heavy atom. The first kappa shape index (κ1) is 30.0. The van der Waals surface area contributed by atoms with Crippen LogP contribution in [-0.2, 0) is 14.3 Å². The number of aliphatic hydroxyl groups is 3. The first-order valence-electron chi connectivity index (χ1n) is 12.8. The van der Waals surface area contributed by atoms with Crippen LogP contribution in [0.4, 0.5) is 4.79 Å². The predicted molar refractivity (Wildman–Crippen MR) is 137 cm³/mol. The van der Waals surface area contributed by atoms with Crippen LogP contribution in [0.2, 0.25) is 0 Å². The Bertz CT molecular complexity index is 815. The molecule has 0 spiro atoms. The van der Waals surface area contributed by atoms with Gasteiger partial charge in [0.05, 0.1) is 12.5 Å². The number of allylic oxidation sites excluding steroid dienone is 2. The molecule has 9 nitrogen and oxygen atoms in total. The molecule has 2 rings (SSSR count). The van der Waals surface area contributed by atoms with Gasteiger partial charge in [0.15, 0.2) is 6.10 Å². The van der Waals surface area contributed by atoms with Crippen LogP contribution in [0.3, 0.4) is 0 Å². The lowest BCUT2D eigenvalue weighted by molar-refractivity contribution is -0.151. The standard InChI is InChI=1S/C27H44N2O7/c1-19(18-30)7-6-8-20(2)25-21(3)9-10-23(35-26(33)29-15-13-28(5)14-16-29)27(4,34)12-11-22(31)17-24(32)36-25/h6-10,19,21-23,25,30-31,34H,11-18H2,1-5H3/b7-6+,10-9+,20-8+/t19-,21+,22+,23+,25-,27+/m1/s1. The van der Waals surface area contributed by atoms with E-state index in [2.05, 4.69) is 4.90 Å². The molecule has 0 aromatic rings. The summed E-state index contributed by atoms with van der Waals surface area (Å²) >= 11 is 0. The summed E-state index contributed by atoms with van der Waals surface area (Å²) in [6.45, 7) is 9.82. The maximum Gasteiger partial charge on any atom is 0.410 e. The van der Waals surface area contributed by atoms with Crippen LogP contribution in [0, 0.1) is 11.8 Å². The zero-order valence-corrected chi connectivity index (χ0v) is 22.3. The SMILES string of the molecule is C/C(=C\C=C\[C@@H](C)CO)[C@H]1OC(=O)C[C@@H](O)CC[C@](C)(O)[C@@H](OC(=O)N2CCN(C)CC2)/C=C/[C@@H]1C. The van der Waals surface area contributed by atoms with Gasteiger partial charge in [-0.2, -0.15) is 0 Å². The normalized spacial score (nSPS) is 33.4. The first-order chi connectivity index (χ1) is 16.9. The summed E-state index contributed by atoms with van der Waals surface area (Å²) in [5, 5.41) is 30.8. The number of amides is 1. The molecule has 1 amide bonds. The van der Waals surface area contributed by atoms with E-state index in [1.165, 1.54) is 0 Å². The third kappa shape index (κ3) is 9.35. The molecule has 6 atom stereocenters. The summed E-state index contributed by atoms with van der Waals surface area (Å²) in [5.41, 5.74) is -0.655. The molecular weight excluding hydrogens is 464 g/mol. The van der Waals surface area contributed by atoms with E-state index in [0.29, 0.717) is 13.1 Å². The van der Waals surface area contributed by atoms with Crippen LogP contribution in [-0.4, -0.2) is 101 Å². The van der Waals surface area contributed by atoms with Gasteiger partial charge in [-0.25, -0.2) is 4.79 Å². The lowest BCUT2D eigenvalue weighted by atomic mass is 9.89. The lowest BCUT2D eigenvalue weighted by Gasteiger charge is -2.36. The van der Waals surface area contributed by atoms with Gasteiger partial charge < -0.3 is 34.6 Å². The van der Waals surface area contributed by atoms with Crippen molar-refractivity contribution < 1.29 is 34.4 Å². The van der Waals surface area contributed by atoms with E-state index in [1.807, 2.05) is 46.0 Å². The third-order valence-corrected chi connectivity index (χ3v) is 6.85. The Hall–Kier alpha value is -2.20. The van der Waals surface area contributed by atoms with Gasteiger partial charge in [-0.05, 0) is 51.3 Å². The summed E-state index contributed by atoms with van der Waals surface area (Å²) in [4.78, 5) is 29.2. The Kier molecular flexibility index (Phi) is 11.6. The highest BCUT2D eigenvalue weighted by molar-refractivity contribution is 5.70.